The number of carbonyl (C=O) groups excluding carboxylic acids is 3. The molecule has 28 heavy (non-hydrogen) atoms. The maximum absolute atomic E-state index is 13.5. The molecule has 0 bridgehead atoms. The molecule has 2 heterocycles. The van der Waals surface area contributed by atoms with Gasteiger partial charge in [-0.1, -0.05) is 13.3 Å². The van der Waals surface area contributed by atoms with Crippen molar-refractivity contribution in [2.24, 2.45) is 0 Å². The molecule has 2 aromatic rings. The molecule has 0 saturated carbocycles. The van der Waals surface area contributed by atoms with E-state index in [0.29, 0.717) is 13.0 Å². The zero-order chi connectivity index (χ0) is 20.1. The van der Waals surface area contributed by atoms with E-state index in [9.17, 15) is 18.8 Å². The lowest BCUT2D eigenvalue weighted by Crippen LogP contribution is -2.34. The molecular formula is C20H25FN4O3. The van der Waals surface area contributed by atoms with Crippen molar-refractivity contribution in [3.63, 3.8) is 0 Å². The monoisotopic (exact) mass is 388 g/mol. The number of fused-ring (bicyclic) bond motifs is 1. The van der Waals surface area contributed by atoms with Gasteiger partial charge in [0.25, 0.3) is 5.91 Å². The van der Waals surface area contributed by atoms with E-state index >= 15 is 0 Å². The summed E-state index contributed by atoms with van der Waals surface area (Å²) >= 11 is 0. The van der Waals surface area contributed by atoms with Crippen molar-refractivity contribution in [2.75, 3.05) is 13.1 Å². The fourth-order valence-electron chi connectivity index (χ4n) is 3.34. The largest absolute Gasteiger partial charge is 0.361 e. The highest BCUT2D eigenvalue weighted by Gasteiger charge is 2.37. The fraction of sp³-hybridized carbons (Fsp3) is 0.450. The summed E-state index contributed by atoms with van der Waals surface area (Å²) in [7, 11) is 0. The minimum atomic E-state index is -0.676. The summed E-state index contributed by atoms with van der Waals surface area (Å²) < 4.78 is 13.5. The van der Waals surface area contributed by atoms with Crippen molar-refractivity contribution in [3.8, 4) is 0 Å². The van der Waals surface area contributed by atoms with Gasteiger partial charge in [0.05, 0.1) is 0 Å². The molecular weight excluding hydrogens is 363 g/mol. The topological polar surface area (TPSA) is 94.3 Å². The first-order valence-corrected chi connectivity index (χ1v) is 9.63. The van der Waals surface area contributed by atoms with Crippen molar-refractivity contribution >= 4 is 28.7 Å². The number of nitrogens with one attached hydrogen (secondary N) is 3. The van der Waals surface area contributed by atoms with Gasteiger partial charge < -0.3 is 15.6 Å². The van der Waals surface area contributed by atoms with Crippen molar-refractivity contribution in [1.29, 1.82) is 0 Å². The van der Waals surface area contributed by atoms with Gasteiger partial charge in [0.1, 0.15) is 11.9 Å². The molecule has 1 aliphatic heterocycles. The molecule has 3 N–H and O–H groups in total. The van der Waals surface area contributed by atoms with Gasteiger partial charge in [0, 0.05) is 36.6 Å². The molecule has 150 valence electrons. The van der Waals surface area contributed by atoms with Gasteiger partial charge in [0.15, 0.2) is 0 Å². The van der Waals surface area contributed by atoms with Gasteiger partial charge in [-0.2, -0.15) is 0 Å². The van der Waals surface area contributed by atoms with E-state index in [0.717, 1.165) is 34.2 Å². The van der Waals surface area contributed by atoms with Gasteiger partial charge in [0.2, 0.25) is 5.91 Å². The van der Waals surface area contributed by atoms with Crippen LogP contribution in [0.4, 0.5) is 9.18 Å². The first-order chi connectivity index (χ1) is 13.5. The fourth-order valence-corrected chi connectivity index (χ4v) is 3.34. The molecule has 4 amide bonds. The molecule has 1 aromatic carbocycles. The predicted octanol–water partition coefficient (Wildman–Crippen LogP) is 2.47. The molecule has 1 aromatic heterocycles. The summed E-state index contributed by atoms with van der Waals surface area (Å²) in [4.78, 5) is 40.7. The Hall–Kier alpha value is -2.90. The molecule has 1 aliphatic rings. The zero-order valence-corrected chi connectivity index (χ0v) is 15.9. The normalized spacial score (nSPS) is 16.6. The van der Waals surface area contributed by atoms with Gasteiger partial charge in [-0.25, -0.2) is 9.18 Å². The van der Waals surface area contributed by atoms with Crippen LogP contribution in [0.25, 0.3) is 10.9 Å². The van der Waals surface area contributed by atoms with Crippen molar-refractivity contribution < 1.29 is 18.8 Å². The second-order valence-corrected chi connectivity index (χ2v) is 6.99. The standard InChI is InChI=1S/C20H25FN4O3/c1-2-3-9-22-18(26)7-6-17-19(27)25(20(28)24-17)10-8-13-12-23-16-5-4-14(21)11-15(13)16/h4-5,11-12,17,23H,2-3,6-10H2,1H3,(H,22,26)(H,24,28)/t17-/m0/s1. The van der Waals surface area contributed by atoms with Crippen LogP contribution in [-0.2, 0) is 16.0 Å². The number of amides is 4. The number of hydrogen-bond acceptors (Lipinski definition) is 3. The molecule has 0 unspecified atom stereocenters. The lowest BCUT2D eigenvalue weighted by molar-refractivity contribution is -0.127. The number of H-pyrrole nitrogens is 1. The number of halogens is 1. The van der Waals surface area contributed by atoms with Crippen LogP contribution in [0, 0.1) is 5.82 Å². The molecule has 3 rings (SSSR count). The summed E-state index contributed by atoms with van der Waals surface area (Å²) in [6.45, 7) is 2.87. The zero-order valence-electron chi connectivity index (χ0n) is 15.9. The Labute approximate surface area is 162 Å². The summed E-state index contributed by atoms with van der Waals surface area (Å²) in [5, 5.41) is 6.18. The van der Waals surface area contributed by atoms with Gasteiger partial charge in [-0.15, -0.1) is 0 Å². The highest BCUT2D eigenvalue weighted by molar-refractivity contribution is 6.04. The van der Waals surface area contributed by atoms with Crippen LogP contribution in [0.2, 0.25) is 0 Å². The summed E-state index contributed by atoms with van der Waals surface area (Å²) in [5.41, 5.74) is 1.65. The molecule has 0 radical (unpaired) electrons. The Morgan fingerprint density at radius 2 is 2.14 bits per heavy atom. The van der Waals surface area contributed by atoms with E-state index in [2.05, 4.69) is 15.6 Å². The minimum Gasteiger partial charge on any atom is -0.361 e. The Balaban J connectivity index is 1.53. The number of imide groups is 1. The third kappa shape index (κ3) is 4.49. The van der Waals surface area contributed by atoms with E-state index in [4.69, 9.17) is 0 Å². The van der Waals surface area contributed by atoms with Crippen LogP contribution < -0.4 is 10.6 Å². The van der Waals surface area contributed by atoms with E-state index in [1.54, 1.807) is 12.3 Å². The van der Waals surface area contributed by atoms with E-state index in [-0.39, 0.29) is 37.0 Å². The number of nitrogens with zero attached hydrogens (tertiary/aromatic N) is 1. The first kappa shape index (κ1) is 19.9. The van der Waals surface area contributed by atoms with Crippen LogP contribution in [-0.4, -0.2) is 46.9 Å². The van der Waals surface area contributed by atoms with Crippen molar-refractivity contribution in [1.82, 2.24) is 20.5 Å². The number of benzene rings is 1. The average molecular weight is 388 g/mol. The molecule has 1 atom stereocenters. The van der Waals surface area contributed by atoms with Crippen LogP contribution in [0.3, 0.4) is 0 Å². The Morgan fingerprint density at radius 1 is 1.32 bits per heavy atom. The maximum atomic E-state index is 13.5. The van der Waals surface area contributed by atoms with E-state index in [1.807, 2.05) is 6.92 Å². The van der Waals surface area contributed by atoms with Gasteiger partial charge >= 0.3 is 6.03 Å². The molecule has 0 aliphatic carbocycles. The number of unbranched alkanes of at least 4 members (excludes halogenated alkanes) is 1. The third-order valence-electron chi connectivity index (χ3n) is 4.95. The van der Waals surface area contributed by atoms with E-state index < -0.39 is 12.1 Å². The summed E-state index contributed by atoms with van der Waals surface area (Å²) in [5.74, 6) is -0.771. The van der Waals surface area contributed by atoms with E-state index in [1.165, 1.54) is 12.1 Å². The summed E-state index contributed by atoms with van der Waals surface area (Å²) in [6.07, 6.45) is 4.56. The second kappa shape index (κ2) is 8.86. The van der Waals surface area contributed by atoms with Crippen LogP contribution in [0.5, 0.6) is 0 Å². The number of carbonyl (C=O) groups is 3. The van der Waals surface area contributed by atoms with Crippen LogP contribution in [0.1, 0.15) is 38.2 Å². The molecule has 8 heteroatoms. The average Bonchev–Trinajstić information content (AvgIpc) is 3.19. The smallest absolute Gasteiger partial charge is 0.324 e. The third-order valence-corrected chi connectivity index (χ3v) is 4.95. The van der Waals surface area contributed by atoms with Gasteiger partial charge in [-0.3, -0.25) is 14.5 Å². The highest BCUT2D eigenvalue weighted by atomic mass is 19.1. The molecule has 7 nitrogen and oxygen atoms in total. The van der Waals surface area contributed by atoms with Crippen molar-refractivity contribution in [3.05, 3.63) is 35.8 Å². The number of aromatic nitrogens is 1. The highest BCUT2D eigenvalue weighted by Crippen LogP contribution is 2.21. The molecule has 0 spiro atoms. The number of aromatic amines is 1. The molecule has 1 saturated heterocycles. The Bertz CT molecular complexity index is 879. The minimum absolute atomic E-state index is 0.116. The second-order valence-electron chi connectivity index (χ2n) is 6.99. The molecule has 1 fully saturated rings. The predicted molar refractivity (Wildman–Crippen MR) is 103 cm³/mol. The van der Waals surface area contributed by atoms with Crippen molar-refractivity contribution in [2.45, 2.75) is 45.1 Å². The number of hydrogen-bond donors (Lipinski definition) is 3. The SMILES string of the molecule is CCCCNC(=O)CC[C@@H]1NC(=O)N(CCc2c[nH]c3ccc(F)cc23)C1=O. The van der Waals surface area contributed by atoms with Gasteiger partial charge in [-0.05, 0) is 43.0 Å². The van der Waals surface area contributed by atoms with Crippen LogP contribution in [0.15, 0.2) is 24.4 Å². The quantitative estimate of drug-likeness (QED) is 0.455. The number of rotatable bonds is 9. The Morgan fingerprint density at radius 3 is 2.93 bits per heavy atom. The first-order valence-electron chi connectivity index (χ1n) is 9.63. The lowest BCUT2D eigenvalue weighted by Gasteiger charge is -2.12. The van der Waals surface area contributed by atoms with Crippen LogP contribution >= 0.6 is 0 Å². The maximum Gasteiger partial charge on any atom is 0.324 e. The Kier molecular flexibility index (Phi) is 6.28. The summed E-state index contributed by atoms with van der Waals surface area (Å²) in [6, 6.07) is 3.34. The lowest BCUT2D eigenvalue weighted by atomic mass is 10.1. The number of urea groups is 1.